The summed E-state index contributed by atoms with van der Waals surface area (Å²) in [6.07, 6.45) is 2.61. The van der Waals surface area contributed by atoms with E-state index in [4.69, 9.17) is 0 Å². The number of nitrogens with one attached hydrogen (secondary N) is 1. The number of aromatic nitrogens is 3. The van der Waals surface area contributed by atoms with Crippen LogP contribution >= 0.6 is 0 Å². The molecule has 0 aliphatic carbocycles. The number of halogens is 1. The lowest BCUT2D eigenvalue weighted by molar-refractivity contribution is -0.385. The highest BCUT2D eigenvalue weighted by molar-refractivity contribution is 6.17. The van der Waals surface area contributed by atoms with Crippen molar-refractivity contribution in [1.82, 2.24) is 20.1 Å². The molecular weight excluding hydrogens is 387 g/mol. The minimum Gasteiger partial charge on any atom is -0.310 e. The smallest absolute Gasteiger partial charge is 0.280 e. The van der Waals surface area contributed by atoms with E-state index < -0.39 is 10.7 Å². The van der Waals surface area contributed by atoms with Gasteiger partial charge < -0.3 is 5.32 Å². The Balaban J connectivity index is 1.89. The van der Waals surface area contributed by atoms with Crippen molar-refractivity contribution >= 4 is 11.4 Å². The summed E-state index contributed by atoms with van der Waals surface area (Å²) >= 11 is 0. The van der Waals surface area contributed by atoms with E-state index in [1.165, 1.54) is 12.1 Å². The Morgan fingerprint density at radius 3 is 2.83 bits per heavy atom. The molecule has 0 radical (unpaired) electrons. The summed E-state index contributed by atoms with van der Waals surface area (Å²) in [5.41, 5.74) is 1.04. The number of benzene rings is 2. The number of nitro groups is 1. The molecule has 1 N–H and O–H groups in total. The maximum atomic E-state index is 14.6. The van der Waals surface area contributed by atoms with Gasteiger partial charge in [-0.05, 0) is 31.2 Å². The highest BCUT2D eigenvalue weighted by Gasteiger charge is 2.30. The molecule has 0 unspecified atom stereocenters. The normalized spacial score (nSPS) is 12.5. The average Bonchev–Trinajstić information content (AvgIpc) is 3.07. The van der Waals surface area contributed by atoms with Crippen LogP contribution in [0.25, 0.3) is 5.69 Å². The fourth-order valence-corrected chi connectivity index (χ4v) is 3.46. The Bertz CT molecular complexity index is 1150. The minimum absolute atomic E-state index is 0.120. The molecule has 0 fully saturated rings. The Labute approximate surface area is 171 Å². The summed E-state index contributed by atoms with van der Waals surface area (Å²) in [6.45, 7) is 4.94. The molecule has 0 amide bonds. The van der Waals surface area contributed by atoms with Crippen molar-refractivity contribution in [2.75, 3.05) is 6.54 Å². The molecule has 0 saturated carbocycles. The van der Waals surface area contributed by atoms with Crippen LogP contribution in [0.5, 0.6) is 0 Å². The predicted octanol–water partition coefficient (Wildman–Crippen LogP) is 3.33. The van der Waals surface area contributed by atoms with E-state index in [0.717, 1.165) is 6.42 Å². The lowest BCUT2D eigenvalue weighted by atomic mass is 9.98. The standard InChI is InChI=1S/C21H19FN6O2/c1-2-3-11-23-12-18-25-26-19-13-24-21(14-7-4-5-8-15(14)22)20-16(27(18)19)9-6-10-17(20)28(29)30/h2,4-10,23H,1,3,11-13H2. The van der Waals surface area contributed by atoms with E-state index in [1.807, 2.05) is 6.08 Å². The van der Waals surface area contributed by atoms with E-state index in [2.05, 4.69) is 27.1 Å². The average molecular weight is 406 g/mol. The molecule has 0 atom stereocenters. The van der Waals surface area contributed by atoms with Gasteiger partial charge in [-0.1, -0.05) is 24.3 Å². The molecule has 8 nitrogen and oxygen atoms in total. The van der Waals surface area contributed by atoms with Crippen molar-refractivity contribution in [3.8, 4) is 5.69 Å². The maximum absolute atomic E-state index is 14.6. The molecule has 1 aromatic heterocycles. The van der Waals surface area contributed by atoms with Crippen LogP contribution in [-0.2, 0) is 13.1 Å². The summed E-state index contributed by atoms with van der Waals surface area (Å²) in [5.74, 6) is 0.633. The van der Waals surface area contributed by atoms with Crippen molar-refractivity contribution in [3.63, 3.8) is 0 Å². The van der Waals surface area contributed by atoms with Crippen LogP contribution in [-0.4, -0.2) is 31.9 Å². The van der Waals surface area contributed by atoms with Crippen molar-refractivity contribution in [3.05, 3.63) is 93.8 Å². The van der Waals surface area contributed by atoms with E-state index in [-0.39, 0.29) is 29.1 Å². The van der Waals surface area contributed by atoms with Crippen LogP contribution in [0.3, 0.4) is 0 Å². The first-order chi connectivity index (χ1) is 14.6. The third kappa shape index (κ3) is 3.50. The fourth-order valence-electron chi connectivity index (χ4n) is 3.46. The van der Waals surface area contributed by atoms with Gasteiger partial charge >= 0.3 is 0 Å². The van der Waals surface area contributed by atoms with E-state index >= 15 is 0 Å². The molecule has 3 aromatic rings. The lowest BCUT2D eigenvalue weighted by Gasteiger charge is -2.14. The third-order valence-electron chi connectivity index (χ3n) is 4.81. The van der Waals surface area contributed by atoms with Crippen LogP contribution in [0.15, 0.2) is 60.1 Å². The number of nitro benzene ring substituents is 1. The topological polar surface area (TPSA) is 98.2 Å². The monoisotopic (exact) mass is 406 g/mol. The number of hydrogen-bond acceptors (Lipinski definition) is 6. The molecule has 0 saturated heterocycles. The van der Waals surface area contributed by atoms with Crippen molar-refractivity contribution in [2.45, 2.75) is 19.5 Å². The number of nitrogens with zero attached hydrogens (tertiary/aromatic N) is 5. The van der Waals surface area contributed by atoms with Crippen LogP contribution in [0.2, 0.25) is 0 Å². The first kappa shape index (κ1) is 19.6. The van der Waals surface area contributed by atoms with Gasteiger partial charge in [-0.2, -0.15) is 0 Å². The third-order valence-corrected chi connectivity index (χ3v) is 4.81. The quantitative estimate of drug-likeness (QED) is 0.281. The first-order valence-corrected chi connectivity index (χ1v) is 9.44. The molecule has 2 aromatic carbocycles. The van der Waals surface area contributed by atoms with Crippen LogP contribution in [0.1, 0.15) is 29.2 Å². The van der Waals surface area contributed by atoms with Crippen LogP contribution < -0.4 is 5.32 Å². The van der Waals surface area contributed by atoms with Gasteiger partial charge in [0.1, 0.15) is 17.9 Å². The molecule has 1 aliphatic rings. The zero-order valence-corrected chi connectivity index (χ0v) is 16.1. The Kier molecular flexibility index (Phi) is 5.44. The van der Waals surface area contributed by atoms with Crippen molar-refractivity contribution in [1.29, 1.82) is 0 Å². The Morgan fingerprint density at radius 1 is 1.23 bits per heavy atom. The van der Waals surface area contributed by atoms with E-state index in [1.54, 1.807) is 34.9 Å². The minimum atomic E-state index is -0.496. The van der Waals surface area contributed by atoms with Gasteiger partial charge in [-0.25, -0.2) is 4.39 Å². The molecule has 0 spiro atoms. The predicted molar refractivity (Wildman–Crippen MR) is 110 cm³/mol. The van der Waals surface area contributed by atoms with Gasteiger partial charge in [0.15, 0.2) is 11.6 Å². The first-order valence-electron chi connectivity index (χ1n) is 9.44. The van der Waals surface area contributed by atoms with Crippen LogP contribution in [0.4, 0.5) is 10.1 Å². The summed E-state index contributed by atoms with van der Waals surface area (Å²) in [6, 6.07) is 10.9. The molecule has 9 heteroatoms. The SMILES string of the molecule is C=CCCNCc1nnc2n1-c1cccc([N+](=O)[O-])c1C(c1ccccc1F)=NC2. The number of fused-ring (bicyclic) bond motifs is 3. The second-order valence-corrected chi connectivity index (χ2v) is 6.70. The van der Waals surface area contributed by atoms with Gasteiger partial charge in [-0.15, -0.1) is 16.8 Å². The maximum Gasteiger partial charge on any atom is 0.280 e. The summed E-state index contributed by atoms with van der Waals surface area (Å²) in [4.78, 5) is 15.9. The molecule has 2 heterocycles. The zero-order chi connectivity index (χ0) is 21.1. The molecule has 4 rings (SSSR count). The highest BCUT2D eigenvalue weighted by atomic mass is 19.1. The van der Waals surface area contributed by atoms with Crippen LogP contribution in [0, 0.1) is 15.9 Å². The molecule has 0 bridgehead atoms. The van der Waals surface area contributed by atoms with Gasteiger partial charge in [0.25, 0.3) is 5.69 Å². The molecule has 1 aliphatic heterocycles. The fraction of sp³-hybridized carbons (Fsp3) is 0.190. The van der Waals surface area contributed by atoms with E-state index in [0.29, 0.717) is 30.4 Å². The Hall–Kier alpha value is -3.72. The van der Waals surface area contributed by atoms with Crippen molar-refractivity contribution < 1.29 is 9.31 Å². The number of aliphatic imine (C=N–C) groups is 1. The molecule has 30 heavy (non-hydrogen) atoms. The largest absolute Gasteiger partial charge is 0.310 e. The van der Waals surface area contributed by atoms with Gasteiger partial charge in [-0.3, -0.25) is 19.7 Å². The van der Waals surface area contributed by atoms with Crippen molar-refractivity contribution in [2.24, 2.45) is 4.99 Å². The summed E-state index contributed by atoms with van der Waals surface area (Å²) in [7, 11) is 0. The zero-order valence-electron chi connectivity index (χ0n) is 16.1. The van der Waals surface area contributed by atoms with E-state index in [9.17, 15) is 14.5 Å². The summed E-state index contributed by atoms with van der Waals surface area (Å²) in [5, 5.41) is 23.5. The van der Waals surface area contributed by atoms with Gasteiger partial charge in [0.2, 0.25) is 0 Å². The second kappa shape index (κ2) is 8.34. The second-order valence-electron chi connectivity index (χ2n) is 6.70. The summed E-state index contributed by atoms with van der Waals surface area (Å²) < 4.78 is 16.4. The number of rotatable bonds is 7. The lowest BCUT2D eigenvalue weighted by Crippen LogP contribution is -2.19. The molecular formula is C21H19FN6O2. The Morgan fingerprint density at radius 2 is 2.07 bits per heavy atom. The highest BCUT2D eigenvalue weighted by Crippen LogP contribution is 2.32. The van der Waals surface area contributed by atoms with Gasteiger partial charge in [0, 0.05) is 11.6 Å². The van der Waals surface area contributed by atoms with Gasteiger partial charge in [0.05, 0.1) is 22.9 Å². The molecule has 152 valence electrons. The number of hydrogen-bond donors (Lipinski definition) is 1.